The molecule has 1 fully saturated rings. The quantitative estimate of drug-likeness (QED) is 0.592. The lowest BCUT2D eigenvalue weighted by Crippen LogP contribution is -2.52. The van der Waals surface area contributed by atoms with E-state index >= 15 is 0 Å². The molecule has 0 saturated carbocycles. The number of rotatable bonds is 4. The molecule has 2 heterocycles. The molecule has 2 aliphatic rings. The van der Waals surface area contributed by atoms with Crippen molar-refractivity contribution >= 4 is 6.03 Å². The molecule has 0 radical (unpaired) electrons. The number of amides is 2. The molecule has 3 aromatic rings. The van der Waals surface area contributed by atoms with Crippen LogP contribution in [0, 0.1) is 6.92 Å². The van der Waals surface area contributed by atoms with E-state index in [0.29, 0.717) is 13.2 Å². The third-order valence-corrected chi connectivity index (χ3v) is 6.92. The summed E-state index contributed by atoms with van der Waals surface area (Å²) >= 11 is 0. The van der Waals surface area contributed by atoms with Gasteiger partial charge >= 0.3 is 6.03 Å². The third kappa shape index (κ3) is 4.95. The van der Waals surface area contributed by atoms with Gasteiger partial charge in [0.1, 0.15) is 12.4 Å². The minimum absolute atomic E-state index is 0.00806. The highest BCUT2D eigenvalue weighted by atomic mass is 16.5. The van der Waals surface area contributed by atoms with Gasteiger partial charge in [0.15, 0.2) is 0 Å². The lowest BCUT2D eigenvalue weighted by atomic mass is 9.92. The molecule has 0 aliphatic carbocycles. The van der Waals surface area contributed by atoms with Crippen molar-refractivity contribution in [3.05, 3.63) is 101 Å². The van der Waals surface area contributed by atoms with Crippen LogP contribution < -0.4 is 10.1 Å². The van der Waals surface area contributed by atoms with Crippen LogP contribution in [0.15, 0.2) is 78.9 Å². The van der Waals surface area contributed by atoms with Gasteiger partial charge in [0.25, 0.3) is 0 Å². The molecule has 3 aromatic carbocycles. The van der Waals surface area contributed by atoms with E-state index in [2.05, 4.69) is 64.5 Å². The van der Waals surface area contributed by atoms with Gasteiger partial charge in [-0.05, 0) is 37.0 Å². The zero-order valence-corrected chi connectivity index (χ0v) is 19.8. The van der Waals surface area contributed by atoms with E-state index in [1.807, 2.05) is 36.4 Å². The number of benzene rings is 3. The molecule has 2 aliphatic heterocycles. The summed E-state index contributed by atoms with van der Waals surface area (Å²) in [6, 6.07) is 27.2. The summed E-state index contributed by atoms with van der Waals surface area (Å²) in [7, 11) is 0. The molecule has 0 bridgehead atoms. The molecule has 5 heteroatoms. The molecule has 1 atom stereocenters. The van der Waals surface area contributed by atoms with E-state index in [-0.39, 0.29) is 18.1 Å². The third-order valence-electron chi connectivity index (χ3n) is 6.92. The van der Waals surface area contributed by atoms with Crippen molar-refractivity contribution in [2.24, 2.45) is 0 Å². The second-order valence-corrected chi connectivity index (χ2v) is 9.34. The summed E-state index contributed by atoms with van der Waals surface area (Å²) in [6.07, 6.45) is 1.90. The average Bonchev–Trinajstić information content (AvgIpc) is 2.93. The van der Waals surface area contributed by atoms with Crippen LogP contribution in [0.4, 0.5) is 4.79 Å². The monoisotopic (exact) mass is 455 g/mol. The topological polar surface area (TPSA) is 44.8 Å². The lowest BCUT2D eigenvalue weighted by Gasteiger charge is -2.42. The number of nitrogens with zero attached hydrogens (tertiary/aromatic N) is 2. The molecule has 176 valence electrons. The van der Waals surface area contributed by atoms with Crippen LogP contribution in [-0.4, -0.2) is 48.1 Å². The number of hydrogen-bond donors (Lipinski definition) is 1. The summed E-state index contributed by atoms with van der Waals surface area (Å²) in [6.45, 7) is 6.01. The smallest absolute Gasteiger partial charge is 0.318 e. The zero-order valence-electron chi connectivity index (χ0n) is 19.8. The minimum Gasteiger partial charge on any atom is -0.491 e. The maximum absolute atomic E-state index is 13.6. The Hall–Kier alpha value is -3.31. The van der Waals surface area contributed by atoms with Gasteiger partial charge < -0.3 is 15.0 Å². The Labute approximate surface area is 202 Å². The van der Waals surface area contributed by atoms with E-state index in [4.69, 9.17) is 4.74 Å². The number of hydrogen-bond acceptors (Lipinski definition) is 3. The first-order valence-electron chi connectivity index (χ1n) is 12.3. The van der Waals surface area contributed by atoms with Crippen molar-refractivity contribution in [2.45, 2.75) is 38.4 Å². The van der Waals surface area contributed by atoms with Crippen molar-refractivity contribution in [1.82, 2.24) is 15.1 Å². The van der Waals surface area contributed by atoms with E-state index in [1.54, 1.807) is 0 Å². The van der Waals surface area contributed by atoms with Crippen molar-refractivity contribution in [2.75, 3.05) is 26.2 Å². The Morgan fingerprint density at radius 1 is 0.941 bits per heavy atom. The maximum atomic E-state index is 13.6. The molecule has 1 saturated heterocycles. The average molecular weight is 456 g/mol. The molecule has 0 aromatic heterocycles. The highest BCUT2D eigenvalue weighted by molar-refractivity contribution is 5.76. The Morgan fingerprint density at radius 2 is 1.71 bits per heavy atom. The number of aryl methyl sites for hydroxylation is 1. The molecule has 5 rings (SSSR count). The summed E-state index contributed by atoms with van der Waals surface area (Å²) < 4.78 is 6.09. The highest BCUT2D eigenvalue weighted by Gasteiger charge is 2.36. The first-order valence-corrected chi connectivity index (χ1v) is 12.3. The van der Waals surface area contributed by atoms with Gasteiger partial charge in [-0.2, -0.15) is 0 Å². The summed E-state index contributed by atoms with van der Waals surface area (Å²) in [5.74, 6) is 0.856. The number of piperidine rings is 1. The Bertz CT molecular complexity index is 1110. The molecule has 2 amide bonds. The van der Waals surface area contributed by atoms with Crippen molar-refractivity contribution in [1.29, 1.82) is 0 Å². The molecule has 0 spiro atoms. The number of carbonyl (C=O) groups excluding carboxylic acids is 1. The number of urea groups is 1. The van der Waals surface area contributed by atoms with Gasteiger partial charge in [-0.25, -0.2) is 4.79 Å². The van der Waals surface area contributed by atoms with Gasteiger partial charge in [0.05, 0.1) is 12.6 Å². The van der Waals surface area contributed by atoms with E-state index in [1.165, 1.54) is 11.1 Å². The van der Waals surface area contributed by atoms with Crippen LogP contribution in [0.2, 0.25) is 0 Å². The summed E-state index contributed by atoms with van der Waals surface area (Å²) in [4.78, 5) is 18.2. The molecule has 5 nitrogen and oxygen atoms in total. The maximum Gasteiger partial charge on any atom is 0.318 e. The lowest BCUT2D eigenvalue weighted by molar-refractivity contribution is 0.101. The predicted octanol–water partition coefficient (Wildman–Crippen LogP) is 5.15. The van der Waals surface area contributed by atoms with Crippen molar-refractivity contribution in [3.8, 4) is 5.75 Å². The van der Waals surface area contributed by atoms with Crippen molar-refractivity contribution < 1.29 is 9.53 Å². The van der Waals surface area contributed by atoms with E-state index < -0.39 is 0 Å². The Morgan fingerprint density at radius 3 is 2.50 bits per heavy atom. The van der Waals surface area contributed by atoms with Crippen LogP contribution in [0.1, 0.15) is 41.1 Å². The van der Waals surface area contributed by atoms with Crippen LogP contribution >= 0.6 is 0 Å². The summed E-state index contributed by atoms with van der Waals surface area (Å²) in [5, 5.41) is 3.11. The van der Waals surface area contributed by atoms with Gasteiger partial charge in [0.2, 0.25) is 0 Å². The Balaban J connectivity index is 1.43. The van der Waals surface area contributed by atoms with Gasteiger partial charge in [0, 0.05) is 31.2 Å². The molecule has 1 unspecified atom stereocenters. The second-order valence-electron chi connectivity index (χ2n) is 9.34. The first-order chi connectivity index (χ1) is 16.7. The normalized spacial score (nSPS) is 19.9. The number of likely N-dealkylation sites (tertiary alicyclic amines) is 1. The number of fused-ring (bicyclic) bond motifs is 1. The standard InChI is InChI=1S/C29H33N3O2/c1-22-8-7-9-23(20-22)21-31-17-14-25(15-18-31)32-28(24-10-3-2-4-11-24)26-12-5-6-13-27(26)34-19-16-30-29(32)33/h2-13,20,25,28H,14-19,21H2,1H3,(H,30,33). The van der Waals surface area contributed by atoms with Crippen LogP contribution in [0.25, 0.3) is 0 Å². The Kier molecular flexibility index (Phi) is 6.82. The molecular formula is C29H33N3O2. The first kappa shape index (κ1) is 22.5. The minimum atomic E-state index is -0.191. The van der Waals surface area contributed by atoms with Crippen LogP contribution in [-0.2, 0) is 6.54 Å². The van der Waals surface area contributed by atoms with Gasteiger partial charge in [-0.15, -0.1) is 0 Å². The molecule has 1 N–H and O–H groups in total. The number of ether oxygens (including phenoxy) is 1. The van der Waals surface area contributed by atoms with Gasteiger partial charge in [-0.1, -0.05) is 78.4 Å². The van der Waals surface area contributed by atoms with Gasteiger partial charge in [-0.3, -0.25) is 4.90 Å². The number of carbonyl (C=O) groups is 1. The largest absolute Gasteiger partial charge is 0.491 e. The zero-order chi connectivity index (χ0) is 23.3. The van der Waals surface area contributed by atoms with E-state index in [0.717, 1.165) is 49.4 Å². The number of nitrogens with one attached hydrogen (secondary N) is 1. The highest BCUT2D eigenvalue weighted by Crippen LogP contribution is 2.38. The fourth-order valence-corrected chi connectivity index (χ4v) is 5.29. The second kappa shape index (κ2) is 10.3. The van der Waals surface area contributed by atoms with Crippen LogP contribution in [0.5, 0.6) is 5.75 Å². The SMILES string of the molecule is Cc1cccc(CN2CCC(N3C(=O)NCCOc4ccccc4C3c3ccccc3)CC2)c1. The molecular weight excluding hydrogens is 422 g/mol. The number of para-hydroxylation sites is 1. The van der Waals surface area contributed by atoms with E-state index in [9.17, 15) is 4.79 Å². The fourth-order valence-electron chi connectivity index (χ4n) is 5.29. The van der Waals surface area contributed by atoms with Crippen molar-refractivity contribution in [3.63, 3.8) is 0 Å². The summed E-state index contributed by atoms with van der Waals surface area (Å²) in [5.41, 5.74) is 4.81. The fraction of sp³-hybridized carbons (Fsp3) is 0.345. The molecule has 34 heavy (non-hydrogen) atoms. The predicted molar refractivity (Wildman–Crippen MR) is 135 cm³/mol. The van der Waals surface area contributed by atoms with Crippen LogP contribution in [0.3, 0.4) is 0 Å².